The zero-order chi connectivity index (χ0) is 73.9. The molecule has 112 heavy (non-hydrogen) atoms. The van der Waals surface area contributed by atoms with Gasteiger partial charge in [0.15, 0.2) is 0 Å². The Labute approximate surface area is 651 Å². The van der Waals surface area contributed by atoms with Gasteiger partial charge in [-0.15, -0.1) is 0 Å². The first-order valence-electron chi connectivity index (χ1n) is 38.9. The molecule has 2 nitrogen and oxygen atoms in total. The van der Waals surface area contributed by atoms with Crippen molar-refractivity contribution in [3.05, 3.63) is 479 Å². The fourth-order valence-corrected chi connectivity index (χ4v) is 19.0. The van der Waals surface area contributed by atoms with E-state index in [1.54, 1.807) is 0 Å². The van der Waals surface area contributed by atoms with Crippen LogP contribution in [0.4, 0.5) is 0 Å². The highest BCUT2D eigenvalue weighted by Crippen LogP contribution is 2.60. The van der Waals surface area contributed by atoms with Gasteiger partial charge in [-0.2, -0.15) is 0 Å². The fourth-order valence-electron chi connectivity index (χ4n) is 19.0. The topological polar surface area (TPSA) is 9.86 Å². The Morgan fingerprint density at radius 2 is 0.455 bits per heavy atom. The molecule has 0 N–H and O–H groups in total. The van der Waals surface area contributed by atoms with E-state index < -0.39 is 10.8 Å². The van der Waals surface area contributed by atoms with Crippen LogP contribution in [0.25, 0.3) is 156 Å². The molecule has 22 rings (SSSR count). The van der Waals surface area contributed by atoms with Gasteiger partial charge in [0.25, 0.3) is 0 Å². The molecular weight excluding hydrogens is 1350 g/mol. The van der Waals surface area contributed by atoms with E-state index in [0.29, 0.717) is 0 Å². The van der Waals surface area contributed by atoms with E-state index in [1.165, 1.54) is 165 Å². The van der Waals surface area contributed by atoms with E-state index in [0.717, 1.165) is 33.6 Å². The van der Waals surface area contributed by atoms with Crippen molar-refractivity contribution < 1.29 is 0 Å². The van der Waals surface area contributed by atoms with Crippen LogP contribution in [-0.4, -0.2) is 9.13 Å². The first-order chi connectivity index (χ1) is 55.5. The smallest absolute Gasteiger partial charge is 0.0713 e. The number of fused-ring (bicyclic) bond motifs is 14. The zero-order valence-electron chi connectivity index (χ0n) is 61.5. The third-order valence-electron chi connectivity index (χ3n) is 24.2. The minimum absolute atomic E-state index is 0.640. The average molecular weight is 1420 g/mol. The van der Waals surface area contributed by atoms with Crippen LogP contribution in [0, 0.1) is 0 Å². The van der Waals surface area contributed by atoms with Crippen molar-refractivity contribution in [1.29, 1.82) is 0 Å². The number of benzene rings is 18. The van der Waals surface area contributed by atoms with Crippen molar-refractivity contribution in [2.24, 2.45) is 0 Å². The predicted octanol–water partition coefficient (Wildman–Crippen LogP) is 28.3. The Balaban J connectivity index is 0.597. The molecule has 0 bridgehead atoms. The summed E-state index contributed by atoms with van der Waals surface area (Å²) in [4.78, 5) is 0. The first kappa shape index (κ1) is 64.7. The molecule has 2 aliphatic carbocycles. The molecule has 0 saturated heterocycles. The zero-order valence-corrected chi connectivity index (χ0v) is 61.5. The molecule has 0 amide bonds. The Morgan fingerprint density at radius 1 is 0.179 bits per heavy atom. The van der Waals surface area contributed by atoms with Crippen molar-refractivity contribution in [3.63, 3.8) is 0 Å². The SMILES string of the molecule is C(=C\c1ccc2c(c1)c1ccccc1n2-c1ccc2ccccc2c1)/c1ccc(-c2ccc3c(c2)C(c2ccccc2)(c2ccccc2)c2cc(-c4ccc5c(c4)C(c4ccccc4)(c4ccccc4)c4cc(-c6ccc(/C=C/c7ccc8c(c7)c7ccccc7n8-c7ccc8ccccc8c7)cc6)ccc4-5)ccc2-3)cc1. The summed E-state index contributed by atoms with van der Waals surface area (Å²) in [5.41, 5.74) is 32.6. The Kier molecular flexibility index (Phi) is 15.1. The highest BCUT2D eigenvalue weighted by Gasteiger charge is 2.48. The molecule has 20 aromatic rings. The van der Waals surface area contributed by atoms with Crippen LogP contribution < -0.4 is 0 Å². The standard InChI is InChI=1S/C110H72N2/c1-5-25-87(26-6-1)109(88-27-7-2-8-28-88)101-69-83(79-47-41-73(42-48-79)37-39-75-45-63-107-99(65-75)97-33-17-19-35-105(97)111(107)91-57-51-77-21-13-15-23-81(77)67-91)53-59-93(101)95-61-55-85(71-103(95)109)86-56-62-96-94-60-54-84(70-102(94)110(104(96)72-86,89-29-9-3-10-30-89)90-31-11-4-12-32-90)80-49-43-74(44-50-80)38-40-76-46-64-108-100(66-76)98-34-18-20-36-106(98)112(108)92-58-52-78-22-14-16-24-82(78)68-92/h1-72H/b39-37+,40-38+. The third kappa shape index (κ3) is 10.3. The first-order valence-corrected chi connectivity index (χ1v) is 38.9. The molecule has 2 heterocycles. The summed E-state index contributed by atoms with van der Waals surface area (Å²) >= 11 is 0. The summed E-state index contributed by atoms with van der Waals surface area (Å²) in [6.45, 7) is 0. The van der Waals surface area contributed by atoms with Gasteiger partial charge in [0, 0.05) is 32.9 Å². The number of rotatable bonds is 13. The Morgan fingerprint density at radius 3 is 0.812 bits per heavy atom. The van der Waals surface area contributed by atoms with Gasteiger partial charge in [-0.25, -0.2) is 0 Å². The summed E-state index contributed by atoms with van der Waals surface area (Å²) in [6.07, 6.45) is 8.99. The highest BCUT2D eigenvalue weighted by atomic mass is 15.0. The molecule has 2 heteroatoms. The van der Waals surface area contributed by atoms with Gasteiger partial charge in [-0.1, -0.05) is 352 Å². The molecule has 0 aliphatic heterocycles. The largest absolute Gasteiger partial charge is 0.309 e. The molecule has 0 saturated carbocycles. The minimum atomic E-state index is -0.640. The van der Waals surface area contributed by atoms with E-state index >= 15 is 0 Å². The van der Waals surface area contributed by atoms with Gasteiger partial charge >= 0.3 is 0 Å². The van der Waals surface area contributed by atoms with Crippen molar-refractivity contribution >= 4 is 89.5 Å². The number of para-hydroxylation sites is 2. The van der Waals surface area contributed by atoms with E-state index in [9.17, 15) is 0 Å². The molecule has 18 aromatic carbocycles. The van der Waals surface area contributed by atoms with E-state index in [1.807, 2.05) is 0 Å². The molecule has 0 radical (unpaired) electrons. The van der Waals surface area contributed by atoms with Crippen LogP contribution >= 0.6 is 0 Å². The number of hydrogen-bond donors (Lipinski definition) is 0. The van der Waals surface area contributed by atoms with Gasteiger partial charge in [-0.3, -0.25) is 0 Å². The number of aromatic nitrogens is 2. The van der Waals surface area contributed by atoms with Crippen LogP contribution in [0.2, 0.25) is 0 Å². The molecular formula is C110H72N2. The lowest BCUT2D eigenvalue weighted by molar-refractivity contribution is 0.768. The lowest BCUT2D eigenvalue weighted by atomic mass is 9.66. The molecule has 0 unspecified atom stereocenters. The van der Waals surface area contributed by atoms with Crippen LogP contribution in [0.15, 0.2) is 413 Å². The van der Waals surface area contributed by atoms with Crippen LogP contribution in [-0.2, 0) is 10.8 Å². The molecule has 0 fully saturated rings. The monoisotopic (exact) mass is 1420 g/mol. The quantitative estimate of drug-likeness (QED) is 0.102. The van der Waals surface area contributed by atoms with Crippen molar-refractivity contribution in [2.45, 2.75) is 10.8 Å². The van der Waals surface area contributed by atoms with Crippen molar-refractivity contribution in [1.82, 2.24) is 9.13 Å². The van der Waals surface area contributed by atoms with Crippen LogP contribution in [0.5, 0.6) is 0 Å². The van der Waals surface area contributed by atoms with Crippen LogP contribution in [0.1, 0.15) is 66.8 Å². The molecule has 0 atom stereocenters. The van der Waals surface area contributed by atoms with Gasteiger partial charge in [0.2, 0.25) is 0 Å². The van der Waals surface area contributed by atoms with Gasteiger partial charge in [0.1, 0.15) is 0 Å². The number of nitrogens with zero attached hydrogens (tertiary/aromatic N) is 2. The minimum Gasteiger partial charge on any atom is -0.309 e. The molecule has 0 spiro atoms. The highest BCUT2D eigenvalue weighted by molar-refractivity contribution is 6.12. The second kappa shape index (κ2) is 26.2. The van der Waals surface area contributed by atoms with Crippen molar-refractivity contribution in [2.75, 3.05) is 0 Å². The maximum Gasteiger partial charge on any atom is 0.0713 e. The second-order valence-electron chi connectivity index (χ2n) is 30.2. The van der Waals surface area contributed by atoms with Gasteiger partial charge in [0.05, 0.1) is 32.9 Å². The lowest BCUT2D eigenvalue weighted by Crippen LogP contribution is -2.29. The average Bonchev–Trinajstić information content (AvgIpc) is 1.53. The Bertz CT molecular complexity index is 6680. The Hall–Kier alpha value is -14.4. The molecule has 522 valence electrons. The van der Waals surface area contributed by atoms with Crippen LogP contribution in [0.3, 0.4) is 0 Å². The maximum atomic E-state index is 2.52. The molecule has 2 aliphatic rings. The van der Waals surface area contributed by atoms with E-state index in [2.05, 4.69) is 446 Å². The number of hydrogen-bond acceptors (Lipinski definition) is 0. The maximum absolute atomic E-state index is 2.52. The summed E-state index contributed by atoms with van der Waals surface area (Å²) in [5.74, 6) is 0. The summed E-state index contributed by atoms with van der Waals surface area (Å²) in [7, 11) is 0. The van der Waals surface area contributed by atoms with E-state index in [4.69, 9.17) is 0 Å². The summed E-state index contributed by atoms with van der Waals surface area (Å²) < 4.78 is 4.81. The summed E-state index contributed by atoms with van der Waals surface area (Å²) in [6, 6.07) is 154. The summed E-state index contributed by atoms with van der Waals surface area (Å²) in [5, 5.41) is 9.93. The normalized spacial score (nSPS) is 13.2. The third-order valence-corrected chi connectivity index (χ3v) is 24.2. The fraction of sp³-hybridized carbons (Fsp3) is 0.0182. The second-order valence-corrected chi connectivity index (χ2v) is 30.2. The van der Waals surface area contributed by atoms with E-state index in [-0.39, 0.29) is 0 Å². The van der Waals surface area contributed by atoms with Gasteiger partial charge < -0.3 is 9.13 Å². The lowest BCUT2D eigenvalue weighted by Gasteiger charge is -2.35. The molecule has 2 aromatic heterocycles. The predicted molar refractivity (Wildman–Crippen MR) is 472 cm³/mol. The van der Waals surface area contributed by atoms with Gasteiger partial charge in [-0.05, 0) is 229 Å². The van der Waals surface area contributed by atoms with Crippen molar-refractivity contribution in [3.8, 4) is 67.0 Å².